The van der Waals surface area contributed by atoms with Crippen molar-refractivity contribution in [1.29, 1.82) is 0 Å². The number of carboxylic acid groups (broad SMARTS) is 1. The summed E-state index contributed by atoms with van der Waals surface area (Å²) in [6, 6.07) is 23.0. The van der Waals surface area contributed by atoms with Gasteiger partial charge in [0.1, 0.15) is 17.5 Å². The zero-order valence-electron chi connectivity index (χ0n) is 20.7. The highest BCUT2D eigenvalue weighted by molar-refractivity contribution is 6.01. The number of amides is 3. The molecular formula is C28H26N4O6. The van der Waals surface area contributed by atoms with E-state index in [1.165, 1.54) is 6.07 Å². The number of nitrogens with one attached hydrogen (secondary N) is 3. The number of para-hydroxylation sites is 3. The average Bonchev–Trinajstić information content (AvgIpc) is 3.39. The largest absolute Gasteiger partial charge is 0.480 e. The van der Waals surface area contributed by atoms with E-state index in [9.17, 15) is 19.5 Å². The molecule has 0 saturated heterocycles. The summed E-state index contributed by atoms with van der Waals surface area (Å²) in [6.07, 6.45) is 0. The Morgan fingerprint density at radius 3 is 2.26 bits per heavy atom. The minimum Gasteiger partial charge on any atom is -0.480 e. The molecule has 3 amide bonds. The number of carboxylic acids is 1. The van der Waals surface area contributed by atoms with E-state index >= 15 is 0 Å². The first-order valence-corrected chi connectivity index (χ1v) is 11.8. The molecule has 0 aliphatic heterocycles. The zero-order valence-corrected chi connectivity index (χ0v) is 20.7. The molecule has 4 rings (SSSR count). The maximum absolute atomic E-state index is 12.6. The van der Waals surface area contributed by atoms with Crippen molar-refractivity contribution in [3.8, 4) is 22.8 Å². The molecule has 0 bridgehead atoms. The molecule has 10 heteroatoms. The van der Waals surface area contributed by atoms with Crippen LogP contribution in [0.2, 0.25) is 0 Å². The summed E-state index contributed by atoms with van der Waals surface area (Å²) in [7, 11) is 0. The Morgan fingerprint density at radius 2 is 1.58 bits per heavy atom. The first-order valence-electron chi connectivity index (χ1n) is 11.8. The monoisotopic (exact) mass is 514 g/mol. The van der Waals surface area contributed by atoms with E-state index < -0.39 is 23.9 Å². The number of hydrogen-bond donors (Lipinski definition) is 4. The number of benzene rings is 3. The molecule has 0 spiro atoms. The number of ether oxygens (including phenoxy) is 1. The molecule has 0 radical (unpaired) electrons. The van der Waals surface area contributed by atoms with Crippen LogP contribution in [0.25, 0.3) is 11.3 Å². The Balaban J connectivity index is 1.37. The smallest absolute Gasteiger partial charge is 0.326 e. The number of rotatable bonds is 9. The van der Waals surface area contributed by atoms with Gasteiger partial charge in [-0.25, -0.2) is 9.59 Å². The standard InChI is InChI=1S/C28H26N4O6/c1-17(2)25(27(34)35)31-26(33)24-16-22(32-38-24)18-12-14-19(15-13-18)29-28(36)30-21-10-6-7-11-23(21)37-20-8-4-3-5-9-20/h3-17,25H,1-2H3,(H,31,33)(H,34,35)(H2,29,30,36)/t25-/m0/s1. The summed E-state index contributed by atoms with van der Waals surface area (Å²) in [5.74, 6) is -1.07. The topological polar surface area (TPSA) is 143 Å². The molecular weight excluding hydrogens is 488 g/mol. The minimum atomic E-state index is -1.13. The Hall–Kier alpha value is -5.12. The van der Waals surface area contributed by atoms with Crippen LogP contribution in [0.15, 0.2) is 89.5 Å². The Morgan fingerprint density at radius 1 is 0.895 bits per heavy atom. The van der Waals surface area contributed by atoms with Gasteiger partial charge in [0.05, 0.1) is 5.69 Å². The van der Waals surface area contributed by atoms with Crippen molar-refractivity contribution in [2.45, 2.75) is 19.9 Å². The molecule has 1 atom stereocenters. The molecule has 3 aromatic carbocycles. The first kappa shape index (κ1) is 26.0. The van der Waals surface area contributed by atoms with Gasteiger partial charge in [0.15, 0.2) is 5.75 Å². The van der Waals surface area contributed by atoms with Gasteiger partial charge in [-0.05, 0) is 42.3 Å². The Bertz CT molecular complexity index is 1420. The quantitative estimate of drug-likeness (QED) is 0.227. The van der Waals surface area contributed by atoms with E-state index in [-0.39, 0.29) is 11.7 Å². The van der Waals surface area contributed by atoms with Gasteiger partial charge < -0.3 is 30.3 Å². The van der Waals surface area contributed by atoms with Crippen molar-refractivity contribution in [2.24, 2.45) is 5.92 Å². The van der Waals surface area contributed by atoms with E-state index in [4.69, 9.17) is 9.26 Å². The summed E-state index contributed by atoms with van der Waals surface area (Å²) in [6.45, 7) is 3.38. The van der Waals surface area contributed by atoms with Gasteiger partial charge in [0.25, 0.3) is 5.91 Å². The van der Waals surface area contributed by atoms with E-state index in [0.29, 0.717) is 34.1 Å². The molecule has 0 aliphatic rings. The van der Waals surface area contributed by atoms with Gasteiger partial charge in [-0.2, -0.15) is 0 Å². The number of urea groups is 1. The zero-order chi connectivity index (χ0) is 27.1. The fourth-order valence-electron chi connectivity index (χ4n) is 3.53. The number of hydrogen-bond acceptors (Lipinski definition) is 6. The highest BCUT2D eigenvalue weighted by Gasteiger charge is 2.26. The molecule has 0 fully saturated rings. The number of carbonyl (C=O) groups is 3. The summed E-state index contributed by atoms with van der Waals surface area (Å²) in [5.41, 5.74) is 2.05. The van der Waals surface area contributed by atoms with Crippen molar-refractivity contribution in [1.82, 2.24) is 10.5 Å². The number of anilines is 2. The van der Waals surface area contributed by atoms with Crippen LogP contribution in [0.4, 0.5) is 16.2 Å². The van der Waals surface area contributed by atoms with Gasteiger partial charge in [0.2, 0.25) is 5.76 Å². The number of aromatic nitrogens is 1. The predicted octanol–water partition coefficient (Wildman–Crippen LogP) is 5.62. The van der Waals surface area contributed by atoms with Crippen molar-refractivity contribution >= 4 is 29.3 Å². The summed E-state index contributed by atoms with van der Waals surface area (Å²) in [4.78, 5) is 36.3. The van der Waals surface area contributed by atoms with E-state index in [1.807, 2.05) is 36.4 Å². The average molecular weight is 515 g/mol. The number of carbonyl (C=O) groups excluding carboxylic acids is 2. The second-order valence-corrected chi connectivity index (χ2v) is 8.68. The summed E-state index contributed by atoms with van der Waals surface area (Å²) < 4.78 is 11.0. The Labute approximate surface area is 218 Å². The highest BCUT2D eigenvalue weighted by atomic mass is 16.5. The summed E-state index contributed by atoms with van der Waals surface area (Å²) >= 11 is 0. The lowest BCUT2D eigenvalue weighted by molar-refractivity contribution is -0.140. The van der Waals surface area contributed by atoms with Crippen LogP contribution in [0.3, 0.4) is 0 Å². The molecule has 0 aliphatic carbocycles. The lowest BCUT2D eigenvalue weighted by Gasteiger charge is -2.16. The first-order chi connectivity index (χ1) is 18.3. The SMILES string of the molecule is CC(C)[C@H](NC(=O)c1cc(-c2ccc(NC(=O)Nc3ccccc3Oc3ccccc3)cc2)no1)C(=O)O. The van der Waals surface area contributed by atoms with Gasteiger partial charge in [-0.1, -0.05) is 61.5 Å². The van der Waals surface area contributed by atoms with Crippen molar-refractivity contribution in [3.63, 3.8) is 0 Å². The van der Waals surface area contributed by atoms with E-state index in [0.717, 1.165) is 0 Å². The third-order valence-electron chi connectivity index (χ3n) is 5.50. The van der Waals surface area contributed by atoms with E-state index in [2.05, 4.69) is 21.1 Å². The fourth-order valence-corrected chi connectivity index (χ4v) is 3.53. The molecule has 4 aromatic rings. The lowest BCUT2D eigenvalue weighted by atomic mass is 10.0. The molecule has 1 aromatic heterocycles. The normalized spacial score (nSPS) is 11.4. The third kappa shape index (κ3) is 6.55. The fraction of sp³-hybridized carbons (Fsp3) is 0.143. The van der Waals surface area contributed by atoms with Crippen molar-refractivity contribution < 1.29 is 28.8 Å². The van der Waals surface area contributed by atoms with E-state index in [1.54, 1.807) is 56.3 Å². The second-order valence-electron chi connectivity index (χ2n) is 8.68. The van der Waals surface area contributed by atoms with Crippen LogP contribution in [-0.4, -0.2) is 34.2 Å². The van der Waals surface area contributed by atoms with Crippen LogP contribution >= 0.6 is 0 Å². The van der Waals surface area contributed by atoms with Crippen molar-refractivity contribution in [2.75, 3.05) is 10.6 Å². The Kier molecular flexibility index (Phi) is 8.02. The molecule has 10 nitrogen and oxygen atoms in total. The third-order valence-corrected chi connectivity index (χ3v) is 5.50. The number of aliphatic carboxylic acids is 1. The van der Waals surface area contributed by atoms with Crippen molar-refractivity contribution in [3.05, 3.63) is 90.7 Å². The van der Waals surface area contributed by atoms with Gasteiger partial charge in [-0.3, -0.25) is 4.79 Å². The lowest BCUT2D eigenvalue weighted by Crippen LogP contribution is -2.44. The molecule has 0 saturated carbocycles. The number of nitrogens with zero attached hydrogens (tertiary/aromatic N) is 1. The highest BCUT2D eigenvalue weighted by Crippen LogP contribution is 2.29. The van der Waals surface area contributed by atoms with Crippen LogP contribution in [0.1, 0.15) is 24.4 Å². The molecule has 4 N–H and O–H groups in total. The molecule has 38 heavy (non-hydrogen) atoms. The van der Waals surface area contributed by atoms with Gasteiger partial charge in [0, 0.05) is 17.3 Å². The maximum atomic E-state index is 12.6. The summed E-state index contributed by atoms with van der Waals surface area (Å²) in [5, 5.41) is 21.1. The maximum Gasteiger partial charge on any atom is 0.326 e. The molecule has 1 heterocycles. The van der Waals surface area contributed by atoms with Crippen LogP contribution < -0.4 is 20.7 Å². The predicted molar refractivity (Wildman–Crippen MR) is 141 cm³/mol. The van der Waals surface area contributed by atoms with Crippen LogP contribution in [0, 0.1) is 5.92 Å². The second kappa shape index (κ2) is 11.7. The van der Waals surface area contributed by atoms with Crippen LogP contribution in [0.5, 0.6) is 11.5 Å². The van der Waals surface area contributed by atoms with Crippen LogP contribution in [-0.2, 0) is 4.79 Å². The molecule has 0 unspecified atom stereocenters. The molecule has 194 valence electrons. The van der Waals surface area contributed by atoms with Gasteiger partial charge in [-0.15, -0.1) is 0 Å². The van der Waals surface area contributed by atoms with Gasteiger partial charge >= 0.3 is 12.0 Å². The minimum absolute atomic E-state index is 0.107.